The lowest BCUT2D eigenvalue weighted by atomic mass is 10.1. The van der Waals surface area contributed by atoms with E-state index in [1.54, 1.807) is 0 Å². The van der Waals surface area contributed by atoms with Gasteiger partial charge in [0.25, 0.3) is 0 Å². The van der Waals surface area contributed by atoms with E-state index in [9.17, 15) is 0 Å². The van der Waals surface area contributed by atoms with Crippen molar-refractivity contribution in [2.24, 2.45) is 4.99 Å². The molecule has 1 aliphatic rings. The van der Waals surface area contributed by atoms with Crippen molar-refractivity contribution in [3.05, 3.63) is 70.3 Å². The Labute approximate surface area is 205 Å². The molecule has 2 aromatic rings. The van der Waals surface area contributed by atoms with E-state index in [4.69, 9.17) is 0 Å². The number of nitrogens with one attached hydrogen (secondary N) is 2. The molecule has 170 valence electrons. The maximum Gasteiger partial charge on any atom is 0.191 e. The van der Waals surface area contributed by atoms with Crippen molar-refractivity contribution in [1.82, 2.24) is 20.4 Å². The Balaban J connectivity index is 0.00000341. The normalized spacial score (nSPS) is 15.8. The van der Waals surface area contributed by atoms with Gasteiger partial charge in [-0.25, -0.2) is 0 Å². The minimum absolute atomic E-state index is 0. The van der Waals surface area contributed by atoms with Gasteiger partial charge in [-0.05, 0) is 62.7 Å². The third kappa shape index (κ3) is 8.43. The zero-order valence-electron chi connectivity index (χ0n) is 19.4. The summed E-state index contributed by atoms with van der Waals surface area (Å²) in [5, 5.41) is 6.84. The second-order valence-electron chi connectivity index (χ2n) is 8.46. The highest BCUT2D eigenvalue weighted by Crippen LogP contribution is 2.11. The van der Waals surface area contributed by atoms with Crippen LogP contribution < -0.4 is 10.6 Å². The Morgan fingerprint density at radius 1 is 0.903 bits per heavy atom. The van der Waals surface area contributed by atoms with Crippen LogP contribution in [-0.2, 0) is 19.6 Å². The van der Waals surface area contributed by atoms with Crippen molar-refractivity contribution in [3.63, 3.8) is 0 Å². The summed E-state index contributed by atoms with van der Waals surface area (Å²) in [6, 6.07) is 15.5. The number of aliphatic imine (C=N–C) groups is 1. The first-order chi connectivity index (χ1) is 14.5. The van der Waals surface area contributed by atoms with Crippen LogP contribution >= 0.6 is 24.0 Å². The molecule has 0 aliphatic carbocycles. The molecular weight excluding hydrogens is 497 g/mol. The minimum atomic E-state index is 0. The molecule has 1 aliphatic heterocycles. The number of hydrogen-bond donors (Lipinski definition) is 2. The van der Waals surface area contributed by atoms with E-state index in [-0.39, 0.29) is 24.0 Å². The number of aryl methyl sites for hydroxylation is 2. The van der Waals surface area contributed by atoms with E-state index in [0.717, 1.165) is 38.7 Å². The van der Waals surface area contributed by atoms with E-state index >= 15 is 0 Å². The SMILES string of the molecule is CN=C(NCc1ccc(CN2CCCN(C)CC2)cc1)NCc1ccc(C)cc1C.I. The predicted octanol–water partition coefficient (Wildman–Crippen LogP) is 3.92. The molecule has 2 aromatic carbocycles. The minimum Gasteiger partial charge on any atom is -0.352 e. The average Bonchev–Trinajstić information content (AvgIpc) is 2.94. The zero-order valence-corrected chi connectivity index (χ0v) is 21.8. The lowest BCUT2D eigenvalue weighted by Gasteiger charge is -2.20. The van der Waals surface area contributed by atoms with Crippen molar-refractivity contribution in [2.75, 3.05) is 40.3 Å². The van der Waals surface area contributed by atoms with E-state index in [2.05, 4.69) is 88.8 Å². The molecule has 0 saturated carbocycles. The van der Waals surface area contributed by atoms with Crippen molar-refractivity contribution in [2.45, 2.75) is 39.9 Å². The molecule has 2 N–H and O–H groups in total. The maximum atomic E-state index is 4.36. The number of halogens is 1. The fourth-order valence-electron chi connectivity index (χ4n) is 3.91. The van der Waals surface area contributed by atoms with Crippen LogP contribution in [-0.4, -0.2) is 56.0 Å². The smallest absolute Gasteiger partial charge is 0.191 e. The summed E-state index contributed by atoms with van der Waals surface area (Å²) in [6.07, 6.45) is 1.26. The van der Waals surface area contributed by atoms with Crippen LogP contribution in [0.5, 0.6) is 0 Å². The van der Waals surface area contributed by atoms with Gasteiger partial charge in [-0.2, -0.15) is 0 Å². The largest absolute Gasteiger partial charge is 0.352 e. The second kappa shape index (κ2) is 13.0. The van der Waals surface area contributed by atoms with Gasteiger partial charge < -0.3 is 15.5 Å². The quantitative estimate of drug-likeness (QED) is 0.335. The van der Waals surface area contributed by atoms with Crippen LogP contribution in [0.25, 0.3) is 0 Å². The highest BCUT2D eigenvalue weighted by molar-refractivity contribution is 14.0. The van der Waals surface area contributed by atoms with Gasteiger partial charge in [-0.3, -0.25) is 9.89 Å². The average molecular weight is 536 g/mol. The lowest BCUT2D eigenvalue weighted by molar-refractivity contribution is 0.269. The lowest BCUT2D eigenvalue weighted by Crippen LogP contribution is -2.36. The van der Waals surface area contributed by atoms with Gasteiger partial charge in [-0.15, -0.1) is 24.0 Å². The molecule has 0 atom stereocenters. The van der Waals surface area contributed by atoms with Gasteiger partial charge in [0.1, 0.15) is 0 Å². The van der Waals surface area contributed by atoms with Gasteiger partial charge in [0, 0.05) is 39.8 Å². The molecule has 3 rings (SSSR count). The highest BCUT2D eigenvalue weighted by Gasteiger charge is 2.12. The van der Waals surface area contributed by atoms with Gasteiger partial charge in [0.2, 0.25) is 0 Å². The molecule has 0 unspecified atom stereocenters. The van der Waals surface area contributed by atoms with Crippen LogP contribution in [0.1, 0.15) is 34.2 Å². The van der Waals surface area contributed by atoms with E-state index < -0.39 is 0 Å². The fourth-order valence-corrected chi connectivity index (χ4v) is 3.91. The molecule has 1 fully saturated rings. The van der Waals surface area contributed by atoms with Crippen LogP contribution in [0.2, 0.25) is 0 Å². The molecule has 0 spiro atoms. The molecule has 31 heavy (non-hydrogen) atoms. The Bertz CT molecular complexity index is 834. The summed E-state index contributed by atoms with van der Waals surface area (Å²) in [5.41, 5.74) is 6.56. The first-order valence-electron chi connectivity index (χ1n) is 11.0. The standard InChI is InChI=1S/C25H37N5.HI/c1-20-6-11-24(21(2)16-20)18-28-25(26-3)27-17-22-7-9-23(10-8-22)19-30-13-5-12-29(4)14-15-30;/h6-11,16H,5,12-15,17-19H2,1-4H3,(H2,26,27,28);1H. The van der Waals surface area contributed by atoms with Gasteiger partial charge in [-0.1, -0.05) is 48.0 Å². The van der Waals surface area contributed by atoms with Crippen LogP contribution in [0.4, 0.5) is 0 Å². The Morgan fingerprint density at radius 3 is 2.32 bits per heavy atom. The van der Waals surface area contributed by atoms with E-state index in [1.165, 1.54) is 47.3 Å². The first kappa shape index (κ1) is 25.6. The molecule has 1 saturated heterocycles. The van der Waals surface area contributed by atoms with Gasteiger partial charge >= 0.3 is 0 Å². The van der Waals surface area contributed by atoms with Crippen molar-refractivity contribution in [1.29, 1.82) is 0 Å². The molecular formula is C25H38IN5. The maximum absolute atomic E-state index is 4.36. The van der Waals surface area contributed by atoms with Gasteiger partial charge in [0.15, 0.2) is 5.96 Å². The third-order valence-electron chi connectivity index (χ3n) is 5.87. The highest BCUT2D eigenvalue weighted by atomic mass is 127. The Kier molecular flexibility index (Phi) is 10.8. The van der Waals surface area contributed by atoms with Crippen LogP contribution in [0.3, 0.4) is 0 Å². The monoisotopic (exact) mass is 535 g/mol. The van der Waals surface area contributed by atoms with Crippen molar-refractivity contribution >= 4 is 29.9 Å². The van der Waals surface area contributed by atoms with Crippen LogP contribution in [0.15, 0.2) is 47.5 Å². The van der Waals surface area contributed by atoms with E-state index in [1.807, 2.05) is 7.05 Å². The topological polar surface area (TPSA) is 42.9 Å². The Hall–Kier alpha value is -1.64. The van der Waals surface area contributed by atoms with E-state index in [0.29, 0.717) is 0 Å². The number of benzene rings is 2. The number of nitrogens with zero attached hydrogens (tertiary/aromatic N) is 3. The number of rotatable bonds is 6. The number of guanidine groups is 1. The predicted molar refractivity (Wildman–Crippen MR) is 142 cm³/mol. The number of hydrogen-bond acceptors (Lipinski definition) is 3. The zero-order chi connectivity index (χ0) is 21.3. The van der Waals surface area contributed by atoms with Crippen molar-refractivity contribution < 1.29 is 0 Å². The summed E-state index contributed by atoms with van der Waals surface area (Å²) in [6.45, 7) is 11.6. The molecule has 5 nitrogen and oxygen atoms in total. The summed E-state index contributed by atoms with van der Waals surface area (Å²) < 4.78 is 0. The fraction of sp³-hybridized carbons (Fsp3) is 0.480. The first-order valence-corrected chi connectivity index (χ1v) is 11.0. The second-order valence-corrected chi connectivity index (χ2v) is 8.46. The van der Waals surface area contributed by atoms with Crippen LogP contribution in [0, 0.1) is 13.8 Å². The third-order valence-corrected chi connectivity index (χ3v) is 5.87. The summed E-state index contributed by atoms with van der Waals surface area (Å²) in [7, 11) is 4.04. The molecule has 6 heteroatoms. The molecule has 0 radical (unpaired) electrons. The number of likely N-dealkylation sites (N-methyl/N-ethyl adjacent to an activating group) is 1. The molecule has 0 aromatic heterocycles. The molecule has 0 amide bonds. The van der Waals surface area contributed by atoms with Crippen molar-refractivity contribution in [3.8, 4) is 0 Å². The Morgan fingerprint density at radius 2 is 1.61 bits per heavy atom. The van der Waals surface area contributed by atoms with Gasteiger partial charge in [0.05, 0.1) is 0 Å². The molecule has 0 bridgehead atoms. The summed E-state index contributed by atoms with van der Waals surface area (Å²) in [5.74, 6) is 0.827. The molecule has 1 heterocycles. The summed E-state index contributed by atoms with van der Waals surface area (Å²) in [4.78, 5) is 9.35. The summed E-state index contributed by atoms with van der Waals surface area (Å²) >= 11 is 0.